The van der Waals surface area contributed by atoms with Gasteiger partial charge in [-0.15, -0.1) is 23.1 Å². The van der Waals surface area contributed by atoms with Gasteiger partial charge in [-0.05, 0) is 80.5 Å². The van der Waals surface area contributed by atoms with Crippen LogP contribution in [0.2, 0.25) is 0 Å². The zero-order valence-electron chi connectivity index (χ0n) is 22.4. The fourth-order valence-corrected chi connectivity index (χ4v) is 7.08. The molecular formula is C29H38N2O4S2. The van der Waals surface area contributed by atoms with Crippen molar-refractivity contribution < 1.29 is 19.1 Å². The number of rotatable bonds is 9. The molecule has 2 aliphatic carbocycles. The molecule has 6 nitrogen and oxygen atoms in total. The Morgan fingerprint density at radius 1 is 1.14 bits per heavy atom. The Kier molecular flexibility index (Phi) is 8.69. The summed E-state index contributed by atoms with van der Waals surface area (Å²) >= 11 is 3.00. The van der Waals surface area contributed by atoms with Gasteiger partial charge >= 0.3 is 5.97 Å². The molecule has 2 unspecified atom stereocenters. The monoisotopic (exact) mass is 542 g/mol. The number of thioether (sulfide) groups is 1. The molecule has 8 heteroatoms. The van der Waals surface area contributed by atoms with Crippen molar-refractivity contribution >= 4 is 51.6 Å². The van der Waals surface area contributed by atoms with Gasteiger partial charge in [-0.1, -0.05) is 33.8 Å². The molecule has 2 N–H and O–H groups in total. The van der Waals surface area contributed by atoms with Crippen molar-refractivity contribution in [3.63, 3.8) is 0 Å². The predicted octanol–water partition coefficient (Wildman–Crippen LogP) is 6.93. The second-order valence-corrected chi connectivity index (χ2v) is 13.4. The van der Waals surface area contributed by atoms with Gasteiger partial charge < -0.3 is 15.4 Å². The summed E-state index contributed by atoms with van der Waals surface area (Å²) in [5, 5.41) is 6.33. The van der Waals surface area contributed by atoms with E-state index in [0.29, 0.717) is 29.5 Å². The van der Waals surface area contributed by atoms with Crippen LogP contribution in [0.25, 0.3) is 0 Å². The molecule has 2 aliphatic rings. The van der Waals surface area contributed by atoms with Crippen LogP contribution in [-0.4, -0.2) is 29.6 Å². The number of carbonyl (C=O) groups excluding carboxylic acids is 3. The molecule has 2 amide bonds. The first-order chi connectivity index (χ1) is 17.6. The van der Waals surface area contributed by atoms with E-state index in [-0.39, 0.29) is 34.4 Å². The molecule has 37 heavy (non-hydrogen) atoms. The number of benzene rings is 1. The van der Waals surface area contributed by atoms with Crippen molar-refractivity contribution in [2.75, 3.05) is 17.2 Å². The maximum Gasteiger partial charge on any atom is 0.341 e. The number of nitrogens with one attached hydrogen (secondary N) is 2. The fourth-order valence-electron chi connectivity index (χ4n) is 4.75. The highest BCUT2D eigenvalue weighted by atomic mass is 32.2. The topological polar surface area (TPSA) is 84.5 Å². The number of ether oxygens (including phenoxy) is 1. The number of esters is 1. The quantitative estimate of drug-likeness (QED) is 0.265. The molecule has 1 aromatic carbocycles. The highest BCUT2D eigenvalue weighted by Crippen LogP contribution is 2.45. The highest BCUT2D eigenvalue weighted by molar-refractivity contribution is 8.00. The summed E-state index contributed by atoms with van der Waals surface area (Å²) in [4.78, 5) is 40.6. The number of fused-ring (bicyclic) bond motifs is 1. The molecule has 0 spiro atoms. The van der Waals surface area contributed by atoms with Crippen molar-refractivity contribution in [1.29, 1.82) is 0 Å². The Bertz CT molecular complexity index is 1160. The van der Waals surface area contributed by atoms with E-state index in [1.54, 1.807) is 6.92 Å². The first kappa shape index (κ1) is 27.7. The first-order valence-electron chi connectivity index (χ1n) is 13.3. The van der Waals surface area contributed by atoms with Gasteiger partial charge in [0.1, 0.15) is 5.00 Å². The number of carbonyl (C=O) groups is 3. The van der Waals surface area contributed by atoms with E-state index >= 15 is 0 Å². The second kappa shape index (κ2) is 11.6. The molecule has 1 heterocycles. The maximum atomic E-state index is 13.4. The van der Waals surface area contributed by atoms with E-state index in [0.717, 1.165) is 48.3 Å². The van der Waals surface area contributed by atoms with Gasteiger partial charge in [0.05, 0.1) is 17.4 Å². The van der Waals surface area contributed by atoms with Crippen molar-refractivity contribution in [2.45, 2.75) is 83.3 Å². The minimum atomic E-state index is -0.357. The van der Waals surface area contributed by atoms with Crippen LogP contribution in [-0.2, 0) is 27.2 Å². The molecule has 4 rings (SSSR count). The Labute approximate surface area is 228 Å². The molecule has 1 fully saturated rings. The summed E-state index contributed by atoms with van der Waals surface area (Å²) < 4.78 is 5.39. The lowest BCUT2D eigenvalue weighted by atomic mass is 9.72. The van der Waals surface area contributed by atoms with Crippen LogP contribution >= 0.6 is 23.1 Å². The fraction of sp³-hybridized carbons (Fsp3) is 0.552. The van der Waals surface area contributed by atoms with E-state index in [9.17, 15) is 14.4 Å². The normalized spacial score (nSPS) is 18.0. The largest absolute Gasteiger partial charge is 0.462 e. The summed E-state index contributed by atoms with van der Waals surface area (Å²) in [6.07, 6.45) is 5.29. The lowest BCUT2D eigenvalue weighted by Gasteiger charge is -2.33. The summed E-state index contributed by atoms with van der Waals surface area (Å²) in [5.41, 5.74) is 2.51. The van der Waals surface area contributed by atoms with Crippen LogP contribution in [0.5, 0.6) is 0 Å². The Morgan fingerprint density at radius 3 is 2.54 bits per heavy atom. The lowest BCUT2D eigenvalue weighted by Crippen LogP contribution is -2.27. The molecule has 1 aromatic heterocycles. The van der Waals surface area contributed by atoms with Crippen molar-refractivity contribution in [3.8, 4) is 0 Å². The molecule has 2 aromatic rings. The van der Waals surface area contributed by atoms with E-state index in [1.807, 2.05) is 31.2 Å². The molecule has 1 saturated carbocycles. The summed E-state index contributed by atoms with van der Waals surface area (Å²) in [6, 6.07) is 7.64. The van der Waals surface area contributed by atoms with E-state index < -0.39 is 0 Å². The van der Waals surface area contributed by atoms with Crippen LogP contribution in [0.1, 0.15) is 81.1 Å². The number of amides is 2. The SMILES string of the molecule is CCOC(=O)c1c(NC(=O)C(CC)Sc2cccc(NC(=O)C3CC3)c2)sc2c1CCC(C(C)(C)C)C2. The minimum absolute atomic E-state index is 0.0637. The van der Waals surface area contributed by atoms with Gasteiger partial charge in [-0.2, -0.15) is 0 Å². The number of hydrogen-bond donors (Lipinski definition) is 2. The van der Waals surface area contributed by atoms with Crippen LogP contribution < -0.4 is 10.6 Å². The van der Waals surface area contributed by atoms with Crippen LogP contribution in [0.3, 0.4) is 0 Å². The van der Waals surface area contributed by atoms with E-state index in [1.165, 1.54) is 28.0 Å². The van der Waals surface area contributed by atoms with Gasteiger partial charge in [-0.3, -0.25) is 9.59 Å². The van der Waals surface area contributed by atoms with Gasteiger partial charge in [0, 0.05) is 21.4 Å². The minimum Gasteiger partial charge on any atom is -0.462 e. The van der Waals surface area contributed by atoms with Crippen molar-refractivity contribution in [1.82, 2.24) is 0 Å². The smallest absolute Gasteiger partial charge is 0.341 e. The summed E-state index contributed by atoms with van der Waals surface area (Å²) in [7, 11) is 0. The molecule has 0 bridgehead atoms. The Morgan fingerprint density at radius 2 is 1.89 bits per heavy atom. The van der Waals surface area contributed by atoms with E-state index in [4.69, 9.17) is 4.74 Å². The van der Waals surface area contributed by atoms with Gasteiger partial charge in [-0.25, -0.2) is 4.79 Å². The molecule has 200 valence electrons. The zero-order valence-corrected chi connectivity index (χ0v) is 24.1. The second-order valence-electron chi connectivity index (χ2n) is 11.0. The molecule has 0 saturated heterocycles. The van der Waals surface area contributed by atoms with Crippen molar-refractivity contribution in [3.05, 3.63) is 40.3 Å². The first-order valence-corrected chi connectivity index (χ1v) is 15.0. The predicted molar refractivity (Wildman–Crippen MR) is 152 cm³/mol. The third-order valence-corrected chi connectivity index (χ3v) is 9.73. The summed E-state index contributed by atoms with van der Waals surface area (Å²) in [6.45, 7) is 10.9. The Hall–Kier alpha value is -2.32. The maximum absolute atomic E-state index is 13.4. The third kappa shape index (κ3) is 6.77. The average Bonchev–Trinajstić information content (AvgIpc) is 3.63. The van der Waals surface area contributed by atoms with Crippen LogP contribution in [0, 0.1) is 17.3 Å². The molecular weight excluding hydrogens is 504 g/mol. The van der Waals surface area contributed by atoms with Gasteiger partial charge in [0.25, 0.3) is 0 Å². The number of hydrogen-bond acceptors (Lipinski definition) is 6. The number of anilines is 2. The highest BCUT2D eigenvalue weighted by Gasteiger charge is 2.35. The molecule has 2 atom stereocenters. The summed E-state index contributed by atoms with van der Waals surface area (Å²) in [5.74, 6) is 0.243. The van der Waals surface area contributed by atoms with Crippen LogP contribution in [0.4, 0.5) is 10.7 Å². The third-order valence-electron chi connectivity index (χ3n) is 7.20. The van der Waals surface area contributed by atoms with Gasteiger partial charge in [0.15, 0.2) is 0 Å². The zero-order chi connectivity index (χ0) is 26.7. The molecule has 0 aliphatic heterocycles. The van der Waals surface area contributed by atoms with Crippen LogP contribution in [0.15, 0.2) is 29.2 Å². The molecule has 0 radical (unpaired) electrons. The standard InChI is InChI=1S/C29H38N2O4S2/c1-6-22(36-20-10-8-9-19(16-20)30-25(32)17-11-12-17)26(33)31-27-24(28(34)35-7-2)21-14-13-18(29(3,4)5)15-23(21)37-27/h8-10,16-18,22H,6-7,11-15H2,1-5H3,(H,30,32)(H,31,33). The van der Waals surface area contributed by atoms with Crippen molar-refractivity contribution in [2.24, 2.45) is 17.3 Å². The average molecular weight is 543 g/mol. The Balaban J connectivity index is 1.51. The lowest BCUT2D eigenvalue weighted by molar-refractivity contribution is -0.117. The number of thiophene rings is 1. The van der Waals surface area contributed by atoms with E-state index in [2.05, 4.69) is 31.4 Å². The van der Waals surface area contributed by atoms with Gasteiger partial charge in [0.2, 0.25) is 11.8 Å².